The molecule has 0 amide bonds. The number of carbonyl (C=O) groups excluding carboxylic acids is 2. The third-order valence-electron chi connectivity index (χ3n) is 9.19. The zero-order chi connectivity index (χ0) is 39.3. The fourth-order valence-corrected chi connectivity index (χ4v) is 6.34. The van der Waals surface area contributed by atoms with E-state index in [9.17, 15) is 19.3 Å². The van der Waals surface area contributed by atoms with E-state index < -0.39 is 38.6 Å². The van der Waals surface area contributed by atoms with Gasteiger partial charge >= 0.3 is 19.8 Å². The Balaban J connectivity index is 4.08. The van der Waals surface area contributed by atoms with Crippen molar-refractivity contribution in [3.05, 3.63) is 36.5 Å². The molecule has 0 saturated heterocycles. The number of hydrogen-bond donors (Lipinski definition) is 3. The lowest BCUT2D eigenvalue weighted by molar-refractivity contribution is -0.161. The second-order valence-electron chi connectivity index (χ2n) is 15.0. The molecule has 0 spiro atoms. The molecule has 3 N–H and O–H groups in total. The highest BCUT2D eigenvalue weighted by molar-refractivity contribution is 7.46. The van der Waals surface area contributed by atoms with Gasteiger partial charge in [0.2, 0.25) is 0 Å². The number of hydrogen-bond acceptors (Lipinski definition) is 7. The van der Waals surface area contributed by atoms with E-state index in [0.29, 0.717) is 19.3 Å². The van der Waals surface area contributed by atoms with Crippen LogP contribution in [-0.4, -0.2) is 52.3 Å². The van der Waals surface area contributed by atoms with Crippen molar-refractivity contribution in [1.29, 1.82) is 0 Å². The molecular weight excluding hydrogens is 691 g/mol. The average Bonchev–Trinajstić information content (AvgIpc) is 3.10. The molecule has 2 atom stereocenters. The monoisotopic (exact) mass is 771 g/mol. The number of ether oxygens (including phenoxy) is 2. The molecule has 0 radical (unpaired) electrons. The van der Waals surface area contributed by atoms with E-state index in [1.54, 1.807) is 12.2 Å². The maximum absolute atomic E-state index is 12.4. The van der Waals surface area contributed by atoms with E-state index >= 15 is 0 Å². The highest BCUT2D eigenvalue weighted by Gasteiger charge is 2.23. The van der Waals surface area contributed by atoms with Gasteiger partial charge in [0.25, 0.3) is 0 Å². The minimum atomic E-state index is -4.80. The van der Waals surface area contributed by atoms with Crippen molar-refractivity contribution < 1.29 is 43.0 Å². The van der Waals surface area contributed by atoms with Gasteiger partial charge in [0.15, 0.2) is 6.10 Å². The van der Waals surface area contributed by atoms with Crippen LogP contribution in [0.2, 0.25) is 0 Å². The predicted octanol–water partition coefficient (Wildman–Crippen LogP) is 11.8. The Labute approximate surface area is 324 Å². The van der Waals surface area contributed by atoms with Crippen molar-refractivity contribution in [2.45, 2.75) is 206 Å². The van der Waals surface area contributed by atoms with Crippen LogP contribution in [0.5, 0.6) is 0 Å². The van der Waals surface area contributed by atoms with E-state index in [2.05, 4.69) is 37.4 Å². The molecule has 0 saturated carbocycles. The molecule has 0 bridgehead atoms. The van der Waals surface area contributed by atoms with Crippen LogP contribution >= 0.6 is 7.82 Å². The van der Waals surface area contributed by atoms with Gasteiger partial charge in [-0.1, -0.05) is 179 Å². The number of esters is 2. The average molecular weight is 771 g/mol. The van der Waals surface area contributed by atoms with E-state index in [4.69, 9.17) is 19.3 Å². The Hall–Kier alpha value is -1.77. The number of phosphoric ester groups is 1. The molecule has 0 aromatic heterocycles. The molecule has 0 rings (SSSR count). The molecule has 0 heterocycles. The number of aliphatic hydroxyl groups is 1. The molecule has 9 nitrogen and oxygen atoms in total. The third kappa shape index (κ3) is 41.2. The summed E-state index contributed by atoms with van der Waals surface area (Å²) in [5.74, 6) is -0.255. The largest absolute Gasteiger partial charge is 0.469 e. The summed E-state index contributed by atoms with van der Waals surface area (Å²) in [6.45, 7) is 5.86. The Morgan fingerprint density at radius 3 is 1.75 bits per heavy atom. The van der Waals surface area contributed by atoms with Crippen molar-refractivity contribution in [1.82, 2.24) is 0 Å². The van der Waals surface area contributed by atoms with Crippen LogP contribution in [0, 0.1) is 5.92 Å². The first-order valence-electron chi connectivity index (χ1n) is 21.2. The Bertz CT molecular complexity index is 988. The van der Waals surface area contributed by atoms with Crippen LogP contribution in [0.25, 0.3) is 0 Å². The molecule has 1 unspecified atom stereocenters. The summed E-state index contributed by atoms with van der Waals surface area (Å²) in [7, 11) is -4.80. The Morgan fingerprint density at radius 1 is 0.623 bits per heavy atom. The van der Waals surface area contributed by atoms with Crippen LogP contribution in [0.3, 0.4) is 0 Å². The maximum atomic E-state index is 12.4. The number of unbranched alkanes of at least 4 members (excludes halogenated alkanes) is 19. The predicted molar refractivity (Wildman–Crippen MR) is 217 cm³/mol. The molecule has 0 aromatic carbocycles. The first-order chi connectivity index (χ1) is 25.5. The molecule has 0 aliphatic heterocycles. The summed E-state index contributed by atoms with van der Waals surface area (Å²) < 4.78 is 26.3. The van der Waals surface area contributed by atoms with Gasteiger partial charge in [-0.25, -0.2) is 4.57 Å². The zero-order valence-electron chi connectivity index (χ0n) is 33.9. The minimum absolute atomic E-state index is 0.0445. The van der Waals surface area contributed by atoms with Crippen molar-refractivity contribution in [3.8, 4) is 0 Å². The van der Waals surface area contributed by atoms with Gasteiger partial charge in [0, 0.05) is 12.8 Å². The number of aliphatic hydroxyl groups excluding tert-OH is 1. The Kier molecular flexibility index (Phi) is 35.9. The van der Waals surface area contributed by atoms with Gasteiger partial charge in [0.1, 0.15) is 6.61 Å². The molecule has 0 aliphatic carbocycles. The summed E-state index contributed by atoms with van der Waals surface area (Å²) >= 11 is 0. The van der Waals surface area contributed by atoms with E-state index in [1.807, 2.05) is 12.2 Å². The molecular formula is C43H79O9P. The molecule has 0 aliphatic rings. The fourth-order valence-electron chi connectivity index (χ4n) is 5.98. The molecule has 10 heteroatoms. The highest BCUT2D eigenvalue weighted by atomic mass is 31.2. The molecule has 0 aromatic rings. The molecule has 310 valence electrons. The van der Waals surface area contributed by atoms with Gasteiger partial charge in [-0.3, -0.25) is 14.1 Å². The van der Waals surface area contributed by atoms with Crippen LogP contribution in [-0.2, 0) is 28.2 Å². The normalized spacial score (nSPS) is 13.5. The smallest absolute Gasteiger partial charge is 0.462 e. The quantitative estimate of drug-likeness (QED) is 0.0184. The van der Waals surface area contributed by atoms with Gasteiger partial charge < -0.3 is 24.4 Å². The lowest BCUT2D eigenvalue weighted by atomic mass is 10.0. The number of carbonyl (C=O) groups is 2. The fraction of sp³-hybridized carbons (Fsp3) is 0.814. The summed E-state index contributed by atoms with van der Waals surface area (Å²) in [6.07, 6.45) is 39.0. The number of allylic oxidation sites excluding steroid dienone is 5. The van der Waals surface area contributed by atoms with E-state index in [1.165, 1.54) is 109 Å². The Morgan fingerprint density at radius 2 is 1.17 bits per heavy atom. The van der Waals surface area contributed by atoms with Crippen LogP contribution in [0.4, 0.5) is 0 Å². The van der Waals surface area contributed by atoms with Crippen LogP contribution < -0.4 is 0 Å². The zero-order valence-corrected chi connectivity index (χ0v) is 34.8. The summed E-state index contributed by atoms with van der Waals surface area (Å²) in [6, 6.07) is 0. The third-order valence-corrected chi connectivity index (χ3v) is 9.68. The second kappa shape index (κ2) is 37.2. The number of phosphoric acid groups is 1. The molecule has 53 heavy (non-hydrogen) atoms. The standard InChI is InChI=1S/C43H79O9P/c1-4-5-6-7-8-9-10-13-17-20-23-26-29-33-40(44)34-31-36-42(45)50-37-41(38-51-53(47,48)49)52-43(46)35-30-27-24-21-18-15-12-11-14-16-19-22-25-28-32-39(2)3/h13,17,23,26,29,33,39-41,44H,4-12,14-16,18-22,24-25,27-28,30-32,34-38H2,1-3H3,(H2,47,48,49)/b17-13+,26-23+,33-29+/t40?,41-/m1/s1. The van der Waals surface area contributed by atoms with Gasteiger partial charge in [-0.2, -0.15) is 0 Å². The van der Waals surface area contributed by atoms with E-state index in [0.717, 1.165) is 38.0 Å². The lowest BCUT2D eigenvalue weighted by Gasteiger charge is -2.18. The van der Waals surface area contributed by atoms with Crippen molar-refractivity contribution in [2.75, 3.05) is 13.2 Å². The molecule has 0 fully saturated rings. The first kappa shape index (κ1) is 51.2. The van der Waals surface area contributed by atoms with Crippen molar-refractivity contribution in [2.24, 2.45) is 5.92 Å². The second-order valence-corrected chi connectivity index (χ2v) is 16.2. The number of rotatable bonds is 38. The van der Waals surface area contributed by atoms with Gasteiger partial charge in [-0.05, 0) is 44.4 Å². The SMILES string of the molecule is CCCCCCCC/C=C/C/C=C/C=C/C(O)CCCC(=O)OC[C@H](COP(=O)(O)O)OC(=O)CCCCCCCCCCCCCCCCC(C)C. The van der Waals surface area contributed by atoms with Crippen LogP contribution in [0.15, 0.2) is 36.5 Å². The summed E-state index contributed by atoms with van der Waals surface area (Å²) in [4.78, 5) is 42.9. The minimum Gasteiger partial charge on any atom is -0.462 e. The lowest BCUT2D eigenvalue weighted by Crippen LogP contribution is -2.29. The van der Waals surface area contributed by atoms with Gasteiger partial charge in [0.05, 0.1) is 12.7 Å². The van der Waals surface area contributed by atoms with Crippen LogP contribution in [0.1, 0.15) is 194 Å². The summed E-state index contributed by atoms with van der Waals surface area (Å²) in [5.41, 5.74) is 0. The van der Waals surface area contributed by atoms with Crippen molar-refractivity contribution >= 4 is 19.8 Å². The maximum Gasteiger partial charge on any atom is 0.469 e. The van der Waals surface area contributed by atoms with E-state index in [-0.39, 0.29) is 19.4 Å². The summed E-state index contributed by atoms with van der Waals surface area (Å²) in [5, 5.41) is 10.2. The van der Waals surface area contributed by atoms with Crippen molar-refractivity contribution in [3.63, 3.8) is 0 Å². The topological polar surface area (TPSA) is 140 Å². The highest BCUT2D eigenvalue weighted by Crippen LogP contribution is 2.36. The van der Waals surface area contributed by atoms with Gasteiger partial charge in [-0.15, -0.1) is 0 Å². The first-order valence-corrected chi connectivity index (χ1v) is 22.8.